The largest absolute Gasteiger partial charge is 0.354 e. The van der Waals surface area contributed by atoms with Crippen LogP contribution >= 0.6 is 23.4 Å². The fraction of sp³-hybridized carbons (Fsp3) is 0.417. The maximum absolute atomic E-state index is 12.0. The lowest BCUT2D eigenvalue weighted by molar-refractivity contribution is -0.122. The summed E-state index contributed by atoms with van der Waals surface area (Å²) in [5, 5.41) is 6.16. The van der Waals surface area contributed by atoms with Crippen LogP contribution < -0.4 is 10.6 Å². The molecule has 0 aromatic heterocycles. The predicted molar refractivity (Wildman–Crippen MR) is 80.8 cm³/mol. The Morgan fingerprint density at radius 1 is 1.40 bits per heavy atom. The number of thioether (sulfide) groups is 1. The highest BCUT2D eigenvalue weighted by Crippen LogP contribution is 2.15. The summed E-state index contributed by atoms with van der Waals surface area (Å²) < 4.78 is 24.1. The Labute approximate surface area is 127 Å². The van der Waals surface area contributed by atoms with E-state index in [0.29, 0.717) is 5.02 Å². The molecule has 1 atom stereocenters. The van der Waals surface area contributed by atoms with Gasteiger partial charge in [0.25, 0.3) is 0 Å². The molecule has 1 saturated heterocycles. The Hall–Kier alpha value is -0.760. The van der Waals surface area contributed by atoms with E-state index < -0.39 is 9.84 Å². The average Bonchev–Trinajstić information content (AvgIpc) is 2.93. The third kappa shape index (κ3) is 4.12. The zero-order chi connectivity index (χ0) is 14.6. The molecule has 0 saturated carbocycles. The minimum atomic E-state index is -3.40. The van der Waals surface area contributed by atoms with Crippen LogP contribution in [0.15, 0.2) is 29.2 Å². The second-order valence-corrected chi connectivity index (χ2v) is 7.91. The lowest BCUT2D eigenvalue weighted by Gasteiger charge is -2.10. The van der Waals surface area contributed by atoms with Gasteiger partial charge in [-0.25, -0.2) is 8.42 Å². The first kappa shape index (κ1) is 15.6. The van der Waals surface area contributed by atoms with Gasteiger partial charge in [0.15, 0.2) is 9.84 Å². The smallest absolute Gasteiger partial charge is 0.238 e. The molecule has 0 spiro atoms. The zero-order valence-corrected chi connectivity index (χ0v) is 13.0. The van der Waals surface area contributed by atoms with Gasteiger partial charge in [-0.15, -0.1) is 11.8 Å². The standard InChI is InChI=1S/C12H15ClN2O3S2/c13-9-1-3-10(4-2-9)20(17,18)6-5-14-12(16)11-7-19-8-15-11/h1-4,11,15H,5-8H2,(H,14,16). The molecule has 1 heterocycles. The molecule has 5 nitrogen and oxygen atoms in total. The van der Waals surface area contributed by atoms with Crippen LogP contribution in [-0.4, -0.2) is 44.3 Å². The molecule has 1 aromatic carbocycles. The number of carbonyl (C=O) groups excluding carboxylic acids is 1. The van der Waals surface area contributed by atoms with E-state index in [4.69, 9.17) is 11.6 Å². The molecular weight excluding hydrogens is 320 g/mol. The van der Waals surface area contributed by atoms with Gasteiger partial charge in [-0.3, -0.25) is 10.1 Å². The van der Waals surface area contributed by atoms with Gasteiger partial charge in [-0.05, 0) is 24.3 Å². The fourth-order valence-electron chi connectivity index (χ4n) is 1.76. The SMILES string of the molecule is O=C(NCCS(=O)(=O)c1ccc(Cl)cc1)C1CSCN1. The van der Waals surface area contributed by atoms with Crippen LogP contribution in [-0.2, 0) is 14.6 Å². The first-order valence-corrected chi connectivity index (χ1v) is 9.25. The molecule has 0 bridgehead atoms. The predicted octanol–water partition coefficient (Wildman–Crippen LogP) is 0.892. The molecule has 0 radical (unpaired) electrons. The van der Waals surface area contributed by atoms with E-state index in [1.807, 2.05) is 0 Å². The van der Waals surface area contributed by atoms with E-state index in [0.717, 1.165) is 11.6 Å². The summed E-state index contributed by atoms with van der Waals surface area (Å²) in [7, 11) is -3.40. The summed E-state index contributed by atoms with van der Waals surface area (Å²) in [6, 6.07) is 5.78. The molecule has 2 rings (SSSR count). The van der Waals surface area contributed by atoms with E-state index in [1.54, 1.807) is 11.8 Å². The van der Waals surface area contributed by atoms with Gasteiger partial charge in [-0.2, -0.15) is 0 Å². The summed E-state index contributed by atoms with van der Waals surface area (Å²) in [4.78, 5) is 11.9. The Kier molecular flexibility index (Phi) is 5.31. The molecule has 1 aliphatic rings. The van der Waals surface area contributed by atoms with E-state index in [-0.39, 0.29) is 29.1 Å². The number of sulfone groups is 1. The van der Waals surface area contributed by atoms with Crippen molar-refractivity contribution < 1.29 is 13.2 Å². The fourth-order valence-corrected chi connectivity index (χ4v) is 3.98. The molecule has 1 aromatic rings. The van der Waals surface area contributed by atoms with Gasteiger partial charge in [0.05, 0.1) is 16.7 Å². The van der Waals surface area contributed by atoms with Crippen molar-refractivity contribution in [3.05, 3.63) is 29.3 Å². The number of rotatable bonds is 5. The molecule has 0 aliphatic carbocycles. The third-order valence-corrected chi connectivity index (χ3v) is 5.80. The van der Waals surface area contributed by atoms with E-state index in [9.17, 15) is 13.2 Å². The van der Waals surface area contributed by atoms with E-state index in [2.05, 4.69) is 10.6 Å². The summed E-state index contributed by atoms with van der Waals surface area (Å²) in [6.45, 7) is 0.104. The van der Waals surface area contributed by atoms with Crippen LogP contribution in [0.2, 0.25) is 5.02 Å². The molecule has 110 valence electrons. The molecule has 1 aliphatic heterocycles. The highest BCUT2D eigenvalue weighted by molar-refractivity contribution is 7.99. The van der Waals surface area contributed by atoms with Crippen molar-refractivity contribution in [2.45, 2.75) is 10.9 Å². The lowest BCUT2D eigenvalue weighted by Crippen LogP contribution is -2.43. The number of benzene rings is 1. The molecule has 1 fully saturated rings. The minimum absolute atomic E-state index is 0.104. The highest BCUT2D eigenvalue weighted by atomic mass is 35.5. The van der Waals surface area contributed by atoms with Crippen molar-refractivity contribution in [3.8, 4) is 0 Å². The maximum atomic E-state index is 12.0. The Balaban J connectivity index is 1.86. The van der Waals surface area contributed by atoms with Gasteiger partial charge >= 0.3 is 0 Å². The van der Waals surface area contributed by atoms with Gasteiger partial charge in [0.2, 0.25) is 5.91 Å². The van der Waals surface area contributed by atoms with E-state index in [1.165, 1.54) is 24.3 Å². The monoisotopic (exact) mass is 334 g/mol. The van der Waals surface area contributed by atoms with Crippen molar-refractivity contribution in [3.63, 3.8) is 0 Å². The second-order valence-electron chi connectivity index (χ2n) is 4.34. The van der Waals surface area contributed by atoms with Crippen LogP contribution in [0.1, 0.15) is 0 Å². The number of amides is 1. The Morgan fingerprint density at radius 2 is 2.10 bits per heavy atom. The highest BCUT2D eigenvalue weighted by Gasteiger charge is 2.22. The van der Waals surface area contributed by atoms with Gasteiger partial charge in [0.1, 0.15) is 0 Å². The van der Waals surface area contributed by atoms with E-state index >= 15 is 0 Å². The first-order valence-electron chi connectivity index (χ1n) is 6.06. The molecule has 1 unspecified atom stereocenters. The van der Waals surface area contributed by atoms with Gasteiger partial charge in [-0.1, -0.05) is 11.6 Å². The molecule has 1 amide bonds. The maximum Gasteiger partial charge on any atom is 0.238 e. The summed E-state index contributed by atoms with van der Waals surface area (Å²) >= 11 is 7.36. The molecular formula is C12H15ClN2O3S2. The normalized spacial score (nSPS) is 18.9. The molecule has 8 heteroatoms. The number of halogens is 1. The molecule has 2 N–H and O–H groups in total. The van der Waals surface area contributed by atoms with Crippen LogP contribution in [0, 0.1) is 0 Å². The first-order chi connectivity index (χ1) is 9.49. The minimum Gasteiger partial charge on any atom is -0.354 e. The average molecular weight is 335 g/mol. The second kappa shape index (κ2) is 6.80. The number of hydrogen-bond acceptors (Lipinski definition) is 5. The van der Waals surface area contributed by atoms with Crippen molar-refractivity contribution in [1.82, 2.24) is 10.6 Å². The van der Waals surface area contributed by atoms with Crippen LogP contribution in [0.25, 0.3) is 0 Å². The van der Waals surface area contributed by atoms with Crippen molar-refractivity contribution in [2.75, 3.05) is 23.9 Å². The van der Waals surface area contributed by atoms with Crippen LogP contribution in [0.5, 0.6) is 0 Å². The Morgan fingerprint density at radius 3 is 2.70 bits per heavy atom. The quantitative estimate of drug-likeness (QED) is 0.836. The van der Waals surface area contributed by atoms with Gasteiger partial charge in [0, 0.05) is 23.2 Å². The number of hydrogen-bond donors (Lipinski definition) is 2. The molecule has 20 heavy (non-hydrogen) atoms. The van der Waals surface area contributed by atoms with Crippen molar-refractivity contribution in [2.24, 2.45) is 0 Å². The third-order valence-electron chi connectivity index (χ3n) is 2.88. The Bertz CT molecular complexity index is 569. The van der Waals surface area contributed by atoms with Crippen LogP contribution in [0.4, 0.5) is 0 Å². The van der Waals surface area contributed by atoms with Crippen LogP contribution in [0.3, 0.4) is 0 Å². The van der Waals surface area contributed by atoms with Crippen molar-refractivity contribution in [1.29, 1.82) is 0 Å². The topological polar surface area (TPSA) is 75.3 Å². The summed E-state index contributed by atoms with van der Waals surface area (Å²) in [5.41, 5.74) is 0. The number of nitrogens with one attached hydrogen (secondary N) is 2. The summed E-state index contributed by atoms with van der Waals surface area (Å²) in [5.74, 6) is 1.19. The van der Waals surface area contributed by atoms with Crippen molar-refractivity contribution >= 4 is 39.1 Å². The lowest BCUT2D eigenvalue weighted by atomic mass is 10.3. The number of carbonyl (C=O) groups is 1. The summed E-state index contributed by atoms with van der Waals surface area (Å²) in [6.07, 6.45) is 0. The van der Waals surface area contributed by atoms with Gasteiger partial charge < -0.3 is 5.32 Å². The zero-order valence-electron chi connectivity index (χ0n) is 10.6.